The van der Waals surface area contributed by atoms with E-state index in [1.807, 2.05) is 20.0 Å². The first-order chi connectivity index (χ1) is 4.57. The van der Waals surface area contributed by atoms with Gasteiger partial charge in [0, 0.05) is 13.5 Å². The molecular weight excluding hydrogens is 128 g/mol. The highest BCUT2D eigenvalue weighted by Gasteiger charge is 2.07. The van der Waals surface area contributed by atoms with Crippen molar-refractivity contribution < 1.29 is 4.79 Å². The summed E-state index contributed by atoms with van der Waals surface area (Å²) >= 11 is 0. The van der Waals surface area contributed by atoms with Crippen molar-refractivity contribution in [2.75, 3.05) is 6.54 Å². The molecule has 0 fully saturated rings. The molecule has 0 aliphatic carbocycles. The third kappa shape index (κ3) is 3.08. The predicted molar refractivity (Wildman–Crippen MR) is 37.8 cm³/mol. The van der Waals surface area contributed by atoms with Crippen molar-refractivity contribution in [3.8, 4) is 6.19 Å². The van der Waals surface area contributed by atoms with Crippen molar-refractivity contribution in [2.45, 2.75) is 20.8 Å². The monoisotopic (exact) mass is 140 g/mol. The van der Waals surface area contributed by atoms with Crippen LogP contribution in [0.25, 0.3) is 0 Å². The maximum absolute atomic E-state index is 10.6. The summed E-state index contributed by atoms with van der Waals surface area (Å²) in [6, 6.07) is 0. The van der Waals surface area contributed by atoms with Crippen LogP contribution < -0.4 is 0 Å². The van der Waals surface area contributed by atoms with Gasteiger partial charge in [0.15, 0.2) is 6.19 Å². The zero-order valence-corrected chi connectivity index (χ0v) is 6.59. The number of nitrogens with zero attached hydrogens (tertiary/aromatic N) is 2. The minimum absolute atomic E-state index is 0.184. The minimum Gasteiger partial charge on any atom is -0.274 e. The van der Waals surface area contributed by atoms with Crippen LogP contribution in [0.5, 0.6) is 0 Å². The van der Waals surface area contributed by atoms with Crippen molar-refractivity contribution in [3.05, 3.63) is 0 Å². The maximum Gasteiger partial charge on any atom is 0.232 e. The largest absolute Gasteiger partial charge is 0.274 e. The average molecular weight is 140 g/mol. The number of carbonyl (C=O) groups is 1. The molecule has 0 N–H and O–H groups in total. The Morgan fingerprint density at radius 3 is 2.30 bits per heavy atom. The molecule has 0 bridgehead atoms. The Kier molecular flexibility index (Phi) is 3.48. The average Bonchev–Trinajstić information content (AvgIpc) is 1.81. The zero-order chi connectivity index (χ0) is 8.15. The Bertz CT molecular complexity index is 157. The van der Waals surface area contributed by atoms with Gasteiger partial charge < -0.3 is 0 Å². The van der Waals surface area contributed by atoms with Crippen LogP contribution in [0.15, 0.2) is 0 Å². The highest BCUT2D eigenvalue weighted by molar-refractivity contribution is 5.74. The highest BCUT2D eigenvalue weighted by atomic mass is 16.2. The third-order valence-electron chi connectivity index (χ3n) is 1.05. The predicted octanol–water partition coefficient (Wildman–Crippen LogP) is 0.972. The molecule has 56 valence electrons. The van der Waals surface area contributed by atoms with E-state index in [9.17, 15) is 4.79 Å². The second kappa shape index (κ2) is 3.89. The van der Waals surface area contributed by atoms with Crippen molar-refractivity contribution >= 4 is 5.91 Å². The summed E-state index contributed by atoms with van der Waals surface area (Å²) < 4.78 is 0. The molecule has 0 rings (SSSR count). The Hall–Kier alpha value is -1.04. The first-order valence-electron chi connectivity index (χ1n) is 3.25. The van der Waals surface area contributed by atoms with Crippen LogP contribution in [-0.2, 0) is 4.79 Å². The molecule has 0 spiro atoms. The molecule has 1 amide bonds. The first-order valence-corrected chi connectivity index (χ1v) is 3.25. The number of nitriles is 1. The van der Waals surface area contributed by atoms with Gasteiger partial charge in [0.05, 0.1) is 0 Å². The van der Waals surface area contributed by atoms with Gasteiger partial charge in [-0.15, -0.1) is 0 Å². The molecule has 0 unspecified atom stereocenters. The SMILES string of the molecule is CC(=O)N(C#N)CC(C)C. The molecule has 3 heteroatoms. The van der Waals surface area contributed by atoms with E-state index in [1.54, 1.807) is 0 Å². The van der Waals surface area contributed by atoms with E-state index < -0.39 is 0 Å². The van der Waals surface area contributed by atoms with Crippen LogP contribution in [0.3, 0.4) is 0 Å². The number of hydrogen-bond donors (Lipinski definition) is 0. The smallest absolute Gasteiger partial charge is 0.232 e. The molecule has 0 radical (unpaired) electrons. The van der Waals surface area contributed by atoms with E-state index in [0.717, 1.165) is 4.90 Å². The van der Waals surface area contributed by atoms with E-state index in [1.165, 1.54) is 6.92 Å². The molecular formula is C7H12N2O. The Labute approximate surface area is 61.2 Å². The van der Waals surface area contributed by atoms with E-state index in [4.69, 9.17) is 5.26 Å². The fourth-order valence-corrected chi connectivity index (χ4v) is 0.605. The van der Waals surface area contributed by atoms with Gasteiger partial charge in [0.25, 0.3) is 0 Å². The number of rotatable bonds is 2. The van der Waals surface area contributed by atoms with Crippen LogP contribution in [0.4, 0.5) is 0 Å². The van der Waals surface area contributed by atoms with Gasteiger partial charge in [0.2, 0.25) is 5.91 Å². The summed E-state index contributed by atoms with van der Waals surface area (Å²) in [5.41, 5.74) is 0. The quantitative estimate of drug-likeness (QED) is 0.423. The second-order valence-corrected chi connectivity index (χ2v) is 2.62. The van der Waals surface area contributed by atoms with E-state index in [2.05, 4.69) is 0 Å². The Balaban J connectivity index is 3.88. The Morgan fingerprint density at radius 2 is 2.20 bits per heavy atom. The third-order valence-corrected chi connectivity index (χ3v) is 1.05. The number of carbonyl (C=O) groups excluding carboxylic acids is 1. The van der Waals surface area contributed by atoms with E-state index in [0.29, 0.717) is 12.5 Å². The van der Waals surface area contributed by atoms with Crippen LogP contribution in [0.1, 0.15) is 20.8 Å². The molecule has 0 aromatic rings. The van der Waals surface area contributed by atoms with Crippen molar-refractivity contribution in [1.29, 1.82) is 5.26 Å². The summed E-state index contributed by atoms with van der Waals surface area (Å²) in [6.45, 7) is 5.85. The normalized spacial score (nSPS) is 9.10. The summed E-state index contributed by atoms with van der Waals surface area (Å²) in [5, 5.41) is 8.40. The molecule has 10 heavy (non-hydrogen) atoms. The summed E-state index contributed by atoms with van der Waals surface area (Å²) in [7, 11) is 0. The van der Waals surface area contributed by atoms with Gasteiger partial charge >= 0.3 is 0 Å². The van der Waals surface area contributed by atoms with Crippen LogP contribution in [0.2, 0.25) is 0 Å². The fraction of sp³-hybridized carbons (Fsp3) is 0.714. The van der Waals surface area contributed by atoms with Gasteiger partial charge in [0.1, 0.15) is 0 Å². The Morgan fingerprint density at radius 1 is 1.70 bits per heavy atom. The molecule has 3 nitrogen and oxygen atoms in total. The summed E-state index contributed by atoms with van der Waals surface area (Å²) in [5.74, 6) is 0.166. The van der Waals surface area contributed by atoms with E-state index in [-0.39, 0.29) is 5.91 Å². The van der Waals surface area contributed by atoms with Crippen molar-refractivity contribution in [1.82, 2.24) is 4.90 Å². The first kappa shape index (κ1) is 8.96. The molecule has 0 saturated carbocycles. The zero-order valence-electron chi connectivity index (χ0n) is 6.59. The molecule has 0 saturated heterocycles. The van der Waals surface area contributed by atoms with Crippen molar-refractivity contribution in [3.63, 3.8) is 0 Å². The van der Waals surface area contributed by atoms with Gasteiger partial charge in [-0.25, -0.2) is 4.90 Å². The topological polar surface area (TPSA) is 44.1 Å². The molecule has 0 heterocycles. The van der Waals surface area contributed by atoms with Gasteiger partial charge in [-0.1, -0.05) is 13.8 Å². The van der Waals surface area contributed by atoms with Gasteiger partial charge in [-0.3, -0.25) is 4.79 Å². The standard InChI is InChI=1S/C7H12N2O/c1-6(2)4-9(5-8)7(3)10/h6H,4H2,1-3H3. The summed E-state index contributed by atoms with van der Waals surface area (Å²) in [6.07, 6.45) is 1.82. The van der Waals surface area contributed by atoms with Crippen LogP contribution in [0, 0.1) is 17.4 Å². The molecule has 0 aliphatic heterocycles. The lowest BCUT2D eigenvalue weighted by Gasteiger charge is -2.12. The van der Waals surface area contributed by atoms with Crippen LogP contribution in [-0.4, -0.2) is 17.4 Å². The fourth-order valence-electron chi connectivity index (χ4n) is 0.605. The second-order valence-electron chi connectivity index (χ2n) is 2.62. The highest BCUT2D eigenvalue weighted by Crippen LogP contribution is 1.96. The molecule has 0 aromatic carbocycles. The maximum atomic E-state index is 10.6. The van der Waals surface area contributed by atoms with Gasteiger partial charge in [-0.05, 0) is 5.92 Å². The number of hydrogen-bond acceptors (Lipinski definition) is 2. The van der Waals surface area contributed by atoms with E-state index >= 15 is 0 Å². The minimum atomic E-state index is -0.184. The number of amides is 1. The lowest BCUT2D eigenvalue weighted by atomic mass is 10.2. The lowest BCUT2D eigenvalue weighted by molar-refractivity contribution is -0.126. The lowest BCUT2D eigenvalue weighted by Crippen LogP contribution is -2.27. The summed E-state index contributed by atoms with van der Waals surface area (Å²) in [4.78, 5) is 11.8. The van der Waals surface area contributed by atoms with Gasteiger partial charge in [-0.2, -0.15) is 5.26 Å². The molecule has 0 aliphatic rings. The molecule has 0 atom stereocenters. The van der Waals surface area contributed by atoms with Crippen molar-refractivity contribution in [2.24, 2.45) is 5.92 Å². The van der Waals surface area contributed by atoms with Crippen LogP contribution >= 0.6 is 0 Å². The molecule has 0 aromatic heterocycles.